The monoisotopic (exact) mass is 462 g/mol. The molecule has 0 amide bonds. The summed E-state index contributed by atoms with van der Waals surface area (Å²) in [7, 11) is 0. The molecule has 32 heavy (non-hydrogen) atoms. The van der Waals surface area contributed by atoms with Gasteiger partial charge >= 0.3 is 18.3 Å². The van der Waals surface area contributed by atoms with Gasteiger partial charge in [0.15, 0.2) is 0 Å². The Kier molecular flexibility index (Phi) is 6.00. The zero-order valence-corrected chi connectivity index (χ0v) is 15.7. The van der Waals surface area contributed by atoms with Gasteiger partial charge < -0.3 is 15.5 Å². The lowest BCUT2D eigenvalue weighted by atomic mass is 9.99. The normalized spacial score (nSPS) is 13.2. The summed E-state index contributed by atoms with van der Waals surface area (Å²) < 4.78 is 93.1. The van der Waals surface area contributed by atoms with Gasteiger partial charge in [-0.2, -0.15) is 26.3 Å². The molecular weight excluding hydrogens is 449 g/mol. The molecule has 0 fully saturated rings. The lowest BCUT2D eigenvalue weighted by molar-refractivity contribution is -0.142. The zero-order valence-electron chi connectivity index (χ0n) is 15.7. The van der Waals surface area contributed by atoms with Crippen LogP contribution in [0.15, 0.2) is 42.5 Å². The Morgan fingerprint density at radius 3 is 2.31 bits per heavy atom. The van der Waals surface area contributed by atoms with Gasteiger partial charge in [-0.1, -0.05) is 12.1 Å². The maximum atomic E-state index is 13.3. The van der Waals surface area contributed by atoms with Crippen molar-refractivity contribution in [2.75, 3.05) is 11.9 Å². The molecule has 5 nitrogen and oxygen atoms in total. The minimum atomic E-state index is -5.10. The smallest absolute Gasteiger partial charge is 0.433 e. The van der Waals surface area contributed by atoms with Crippen LogP contribution < -0.4 is 5.32 Å². The fourth-order valence-corrected chi connectivity index (χ4v) is 3.09. The minimum absolute atomic E-state index is 0.150. The maximum absolute atomic E-state index is 13.3. The van der Waals surface area contributed by atoms with Gasteiger partial charge in [-0.25, -0.2) is 14.2 Å². The molecule has 2 aromatic carbocycles. The van der Waals surface area contributed by atoms with Crippen LogP contribution in [0.4, 0.5) is 36.4 Å². The van der Waals surface area contributed by atoms with Gasteiger partial charge in [0.25, 0.3) is 0 Å². The first kappa shape index (κ1) is 23.3. The van der Waals surface area contributed by atoms with Crippen LogP contribution >= 0.6 is 0 Å². The molecule has 0 radical (unpaired) electrons. The van der Waals surface area contributed by atoms with Gasteiger partial charge in [0.05, 0.1) is 22.7 Å². The summed E-state index contributed by atoms with van der Waals surface area (Å²) in [6.07, 6.45) is -11.9. The molecule has 1 aromatic heterocycles. The first-order valence-corrected chi connectivity index (χ1v) is 8.82. The highest BCUT2D eigenvalue weighted by Gasteiger charge is 2.38. The number of nitrogens with zero attached hydrogens (tertiary/aromatic N) is 1. The topological polar surface area (TPSA) is 82.5 Å². The SMILES string of the molecule is O=C(O)c1cc(F)ccc1NCC(O)c1cc(C(F)(F)F)nc2c(C(F)(F)F)cccc12. The number of rotatable bonds is 5. The summed E-state index contributed by atoms with van der Waals surface area (Å²) in [4.78, 5) is 14.4. The van der Waals surface area contributed by atoms with Crippen LogP contribution in [0.5, 0.6) is 0 Å². The third-order valence-electron chi connectivity index (χ3n) is 4.52. The molecule has 0 aliphatic carbocycles. The number of hydrogen-bond acceptors (Lipinski definition) is 4. The molecule has 1 atom stereocenters. The largest absolute Gasteiger partial charge is 0.478 e. The van der Waals surface area contributed by atoms with Crippen molar-refractivity contribution < 1.29 is 45.7 Å². The van der Waals surface area contributed by atoms with Crippen molar-refractivity contribution in [3.05, 3.63) is 70.7 Å². The van der Waals surface area contributed by atoms with Crippen LogP contribution in [0.25, 0.3) is 10.9 Å². The molecule has 1 heterocycles. The van der Waals surface area contributed by atoms with Gasteiger partial charge in [0, 0.05) is 17.6 Å². The number of aliphatic hydroxyl groups is 1. The van der Waals surface area contributed by atoms with E-state index in [1.54, 1.807) is 0 Å². The van der Waals surface area contributed by atoms with Crippen LogP contribution in [-0.2, 0) is 12.4 Å². The molecule has 0 aliphatic heterocycles. The lowest BCUT2D eigenvalue weighted by Gasteiger charge is -2.19. The predicted octanol–water partition coefficient (Wildman–Crippen LogP) is 5.26. The molecule has 0 saturated carbocycles. The van der Waals surface area contributed by atoms with Crippen LogP contribution in [0.2, 0.25) is 0 Å². The molecule has 0 bridgehead atoms. The Labute approximate surface area is 175 Å². The number of carbonyl (C=O) groups is 1. The molecule has 12 heteroatoms. The molecule has 0 spiro atoms. The van der Waals surface area contributed by atoms with Crippen LogP contribution in [-0.4, -0.2) is 27.7 Å². The lowest BCUT2D eigenvalue weighted by Crippen LogP contribution is -2.18. The molecule has 3 rings (SSSR count). The number of alkyl halides is 6. The summed E-state index contributed by atoms with van der Waals surface area (Å²) in [5.74, 6) is -2.37. The number of nitrogens with one attached hydrogen (secondary N) is 1. The molecule has 1 unspecified atom stereocenters. The number of para-hydroxylation sites is 1. The Morgan fingerprint density at radius 2 is 1.72 bits per heavy atom. The van der Waals surface area contributed by atoms with Gasteiger partial charge in [0.1, 0.15) is 11.5 Å². The number of pyridine rings is 1. The predicted molar refractivity (Wildman–Crippen MR) is 98.6 cm³/mol. The van der Waals surface area contributed by atoms with Crippen molar-refractivity contribution in [2.45, 2.75) is 18.5 Å². The van der Waals surface area contributed by atoms with E-state index in [2.05, 4.69) is 10.3 Å². The first-order valence-electron chi connectivity index (χ1n) is 8.82. The second-order valence-electron chi connectivity index (χ2n) is 6.69. The molecule has 3 aromatic rings. The Bertz CT molecular complexity index is 1180. The Morgan fingerprint density at radius 1 is 1.03 bits per heavy atom. The van der Waals surface area contributed by atoms with E-state index in [0.717, 1.165) is 24.3 Å². The standard InChI is InChI=1S/C20H13F7N2O3/c21-9-4-5-14(12(6-9)18(31)32)28-8-15(30)11-7-16(20(25,26)27)29-17-10(11)2-1-3-13(17)19(22,23)24/h1-7,15,28,30H,8H2,(H,31,32). The van der Waals surface area contributed by atoms with Crippen molar-refractivity contribution >= 4 is 22.6 Å². The van der Waals surface area contributed by atoms with Crippen LogP contribution in [0.1, 0.15) is 33.3 Å². The highest BCUT2D eigenvalue weighted by Crippen LogP contribution is 2.39. The number of anilines is 1. The number of fused-ring (bicyclic) bond motifs is 1. The summed E-state index contributed by atoms with van der Waals surface area (Å²) >= 11 is 0. The summed E-state index contributed by atoms with van der Waals surface area (Å²) in [6.45, 7) is -0.585. The van der Waals surface area contributed by atoms with Crippen LogP contribution in [0, 0.1) is 5.82 Å². The molecule has 3 N–H and O–H groups in total. The summed E-state index contributed by atoms with van der Waals surface area (Å²) in [6, 6.07) is 5.69. The van der Waals surface area contributed by atoms with E-state index in [9.17, 15) is 40.6 Å². The maximum Gasteiger partial charge on any atom is 0.433 e. The number of benzene rings is 2. The number of halogens is 7. The fraction of sp³-hybridized carbons (Fsp3) is 0.200. The van der Waals surface area contributed by atoms with E-state index in [1.165, 1.54) is 0 Å². The molecule has 0 saturated heterocycles. The second kappa shape index (κ2) is 8.26. The van der Waals surface area contributed by atoms with Gasteiger partial charge in [-0.15, -0.1) is 0 Å². The molecule has 170 valence electrons. The minimum Gasteiger partial charge on any atom is -0.478 e. The average Bonchev–Trinajstić information content (AvgIpc) is 2.69. The number of aromatic nitrogens is 1. The quantitative estimate of drug-likeness (QED) is 0.451. The molecular formula is C20H13F7N2O3. The number of hydrogen-bond donors (Lipinski definition) is 3. The zero-order chi connectivity index (χ0) is 23.8. The van der Waals surface area contributed by atoms with Crippen molar-refractivity contribution in [1.82, 2.24) is 4.98 Å². The van der Waals surface area contributed by atoms with Gasteiger partial charge in [-0.05, 0) is 35.9 Å². The van der Waals surface area contributed by atoms with E-state index < -0.39 is 64.7 Å². The number of carboxylic acids is 1. The van der Waals surface area contributed by atoms with Crippen molar-refractivity contribution in [3.63, 3.8) is 0 Å². The van der Waals surface area contributed by atoms with Gasteiger partial charge in [0.2, 0.25) is 0 Å². The average molecular weight is 462 g/mol. The fourth-order valence-electron chi connectivity index (χ4n) is 3.09. The third kappa shape index (κ3) is 4.74. The first-order chi connectivity index (χ1) is 14.8. The van der Waals surface area contributed by atoms with E-state index in [-0.39, 0.29) is 11.1 Å². The number of aliphatic hydroxyl groups excluding tert-OH is 1. The number of carboxylic acid groups (broad SMARTS) is 1. The summed E-state index contributed by atoms with van der Waals surface area (Å²) in [5.41, 5.74) is -5.19. The van der Waals surface area contributed by atoms with Crippen molar-refractivity contribution in [3.8, 4) is 0 Å². The van der Waals surface area contributed by atoms with E-state index in [4.69, 9.17) is 5.11 Å². The Balaban J connectivity index is 2.07. The van der Waals surface area contributed by atoms with Crippen molar-refractivity contribution in [2.24, 2.45) is 0 Å². The molecule has 0 aliphatic rings. The highest BCUT2D eigenvalue weighted by atomic mass is 19.4. The summed E-state index contributed by atoms with van der Waals surface area (Å²) in [5, 5.41) is 21.7. The number of aromatic carboxylic acids is 1. The second-order valence-corrected chi connectivity index (χ2v) is 6.69. The van der Waals surface area contributed by atoms with Crippen molar-refractivity contribution in [1.29, 1.82) is 0 Å². The third-order valence-corrected chi connectivity index (χ3v) is 4.52. The van der Waals surface area contributed by atoms with Crippen LogP contribution in [0.3, 0.4) is 0 Å². The van der Waals surface area contributed by atoms with Gasteiger partial charge in [-0.3, -0.25) is 0 Å². The van der Waals surface area contributed by atoms with E-state index in [0.29, 0.717) is 18.2 Å². The van der Waals surface area contributed by atoms with E-state index >= 15 is 0 Å². The highest BCUT2D eigenvalue weighted by molar-refractivity contribution is 5.94. The van der Waals surface area contributed by atoms with E-state index in [1.807, 2.05) is 0 Å². The Hall–Kier alpha value is -3.41.